The van der Waals surface area contributed by atoms with Gasteiger partial charge in [0.1, 0.15) is 5.56 Å². The molecule has 0 radical (unpaired) electrons. The van der Waals surface area contributed by atoms with E-state index in [2.05, 4.69) is 10.4 Å². The lowest BCUT2D eigenvalue weighted by atomic mass is 10.1. The lowest BCUT2D eigenvalue weighted by Gasteiger charge is -2.21. The lowest BCUT2D eigenvalue weighted by Crippen LogP contribution is -2.12. The molecule has 0 saturated carbocycles. The maximum atomic E-state index is 12.8. The van der Waals surface area contributed by atoms with Crippen LogP contribution in [-0.2, 0) is 4.74 Å². The van der Waals surface area contributed by atoms with Gasteiger partial charge < -0.3 is 10.1 Å². The summed E-state index contributed by atoms with van der Waals surface area (Å²) in [6.07, 6.45) is 2.76. The Morgan fingerprint density at radius 3 is 2.62 bits per heavy atom. The van der Waals surface area contributed by atoms with Gasteiger partial charge in [0.15, 0.2) is 0 Å². The number of thioether (sulfide) groups is 2. The number of aromatic nitrogens is 2. The SMILES string of the molecule is CCOC(=O)c1cnn(-c2cccc(NC(=O)c3ccc(C4SCCCS4)cc3)c2)c1C. The molecule has 1 amide bonds. The number of anilines is 1. The maximum absolute atomic E-state index is 12.8. The van der Waals surface area contributed by atoms with Crippen molar-refractivity contribution in [3.05, 3.63) is 77.1 Å². The second-order valence-electron chi connectivity index (χ2n) is 7.33. The molecule has 1 aromatic heterocycles. The fraction of sp³-hybridized carbons (Fsp3) is 0.292. The number of nitrogens with zero attached hydrogens (tertiary/aromatic N) is 2. The van der Waals surface area contributed by atoms with Crippen molar-refractivity contribution in [2.75, 3.05) is 23.4 Å². The van der Waals surface area contributed by atoms with Crippen LogP contribution in [0.5, 0.6) is 0 Å². The Bertz CT molecular complexity index is 1110. The zero-order valence-corrected chi connectivity index (χ0v) is 19.7. The van der Waals surface area contributed by atoms with Gasteiger partial charge in [-0.2, -0.15) is 5.10 Å². The second-order valence-corrected chi connectivity index (χ2v) is 10.1. The number of amides is 1. The van der Waals surface area contributed by atoms with Crippen LogP contribution in [0.1, 0.15) is 49.9 Å². The molecule has 4 rings (SSSR count). The summed E-state index contributed by atoms with van der Waals surface area (Å²) in [5.41, 5.74) is 4.38. The van der Waals surface area contributed by atoms with E-state index in [1.54, 1.807) is 11.6 Å². The number of rotatable bonds is 6. The average molecular weight is 468 g/mol. The van der Waals surface area contributed by atoms with Crippen molar-refractivity contribution in [3.63, 3.8) is 0 Å². The Hall–Kier alpha value is -2.71. The Morgan fingerprint density at radius 2 is 1.91 bits per heavy atom. The normalized spacial score (nSPS) is 14.2. The molecule has 2 heterocycles. The van der Waals surface area contributed by atoms with E-state index in [0.29, 0.717) is 33.7 Å². The smallest absolute Gasteiger partial charge is 0.341 e. The van der Waals surface area contributed by atoms with Crippen molar-refractivity contribution in [1.29, 1.82) is 0 Å². The molecule has 32 heavy (non-hydrogen) atoms. The predicted molar refractivity (Wildman–Crippen MR) is 131 cm³/mol. The molecule has 3 aromatic rings. The van der Waals surface area contributed by atoms with Gasteiger partial charge in [-0.3, -0.25) is 4.79 Å². The fourth-order valence-electron chi connectivity index (χ4n) is 3.47. The zero-order chi connectivity index (χ0) is 22.5. The van der Waals surface area contributed by atoms with Crippen molar-refractivity contribution in [2.45, 2.75) is 24.9 Å². The molecule has 0 unspecified atom stereocenters. The van der Waals surface area contributed by atoms with E-state index in [9.17, 15) is 9.59 Å². The van der Waals surface area contributed by atoms with E-state index < -0.39 is 5.97 Å². The number of benzene rings is 2. The molecule has 0 spiro atoms. The summed E-state index contributed by atoms with van der Waals surface area (Å²) in [4.78, 5) is 24.8. The first-order valence-electron chi connectivity index (χ1n) is 10.5. The summed E-state index contributed by atoms with van der Waals surface area (Å²) in [6.45, 7) is 3.89. The van der Waals surface area contributed by atoms with Crippen molar-refractivity contribution in [1.82, 2.24) is 9.78 Å². The van der Waals surface area contributed by atoms with Gasteiger partial charge >= 0.3 is 5.97 Å². The van der Waals surface area contributed by atoms with Crippen LogP contribution < -0.4 is 5.32 Å². The molecular weight excluding hydrogens is 442 g/mol. The van der Waals surface area contributed by atoms with E-state index in [1.807, 2.05) is 79.0 Å². The minimum atomic E-state index is -0.394. The van der Waals surface area contributed by atoms with Gasteiger partial charge in [-0.15, -0.1) is 23.5 Å². The highest BCUT2D eigenvalue weighted by Gasteiger charge is 2.18. The molecule has 1 aliphatic rings. The number of hydrogen-bond acceptors (Lipinski definition) is 6. The van der Waals surface area contributed by atoms with Gasteiger partial charge in [-0.25, -0.2) is 9.48 Å². The monoisotopic (exact) mass is 467 g/mol. The topological polar surface area (TPSA) is 73.2 Å². The molecule has 6 nitrogen and oxygen atoms in total. The Balaban J connectivity index is 1.47. The summed E-state index contributed by atoms with van der Waals surface area (Å²) in [6, 6.07) is 15.2. The molecule has 0 aliphatic carbocycles. The van der Waals surface area contributed by atoms with E-state index in [1.165, 1.54) is 29.7 Å². The van der Waals surface area contributed by atoms with Crippen LogP contribution in [-0.4, -0.2) is 39.8 Å². The average Bonchev–Trinajstić information content (AvgIpc) is 3.21. The Morgan fingerprint density at radius 1 is 1.16 bits per heavy atom. The molecule has 2 aromatic carbocycles. The van der Waals surface area contributed by atoms with Gasteiger partial charge in [0, 0.05) is 11.3 Å². The van der Waals surface area contributed by atoms with E-state index in [0.717, 1.165) is 5.69 Å². The highest BCUT2D eigenvalue weighted by Crippen LogP contribution is 2.43. The first-order valence-corrected chi connectivity index (χ1v) is 12.6. The highest BCUT2D eigenvalue weighted by atomic mass is 32.2. The van der Waals surface area contributed by atoms with E-state index >= 15 is 0 Å². The largest absolute Gasteiger partial charge is 0.462 e. The van der Waals surface area contributed by atoms with Crippen LogP contribution in [0.4, 0.5) is 5.69 Å². The number of hydrogen-bond donors (Lipinski definition) is 1. The molecule has 166 valence electrons. The van der Waals surface area contributed by atoms with Crippen LogP contribution in [0, 0.1) is 6.92 Å². The molecule has 0 bridgehead atoms. The van der Waals surface area contributed by atoms with Gasteiger partial charge in [-0.1, -0.05) is 18.2 Å². The Labute approximate surface area is 196 Å². The number of carbonyl (C=O) groups is 2. The third-order valence-corrected chi connectivity index (χ3v) is 8.14. The molecular formula is C24H25N3O3S2. The number of nitrogens with one attached hydrogen (secondary N) is 1. The molecule has 8 heteroatoms. The van der Waals surface area contributed by atoms with Gasteiger partial charge in [0.2, 0.25) is 0 Å². The second kappa shape index (κ2) is 10.3. The molecule has 1 fully saturated rings. The number of carbonyl (C=O) groups excluding carboxylic acids is 2. The minimum absolute atomic E-state index is 0.165. The summed E-state index contributed by atoms with van der Waals surface area (Å²) in [5, 5.41) is 7.28. The third kappa shape index (κ3) is 5.02. The van der Waals surface area contributed by atoms with Crippen LogP contribution in [0.25, 0.3) is 5.69 Å². The van der Waals surface area contributed by atoms with E-state index in [4.69, 9.17) is 4.74 Å². The first kappa shape index (κ1) is 22.5. The van der Waals surface area contributed by atoms with E-state index in [-0.39, 0.29) is 5.91 Å². The van der Waals surface area contributed by atoms with Crippen LogP contribution >= 0.6 is 23.5 Å². The van der Waals surface area contributed by atoms with Gasteiger partial charge in [0.25, 0.3) is 5.91 Å². The number of esters is 1. The van der Waals surface area contributed by atoms with Gasteiger partial charge in [-0.05, 0) is 67.7 Å². The highest BCUT2D eigenvalue weighted by molar-refractivity contribution is 8.16. The summed E-state index contributed by atoms with van der Waals surface area (Å²) in [7, 11) is 0. The summed E-state index contributed by atoms with van der Waals surface area (Å²) in [5.74, 6) is 1.82. The molecule has 0 atom stereocenters. The standard InChI is InChI=1S/C24H25N3O3S2/c1-3-30-23(29)21-15-25-27(16(21)2)20-7-4-6-19(14-20)26-22(28)17-8-10-18(11-9-17)24-31-12-5-13-32-24/h4,6-11,14-15,24H,3,5,12-13H2,1-2H3,(H,26,28). The lowest BCUT2D eigenvalue weighted by molar-refractivity contribution is 0.0525. The maximum Gasteiger partial charge on any atom is 0.341 e. The van der Waals surface area contributed by atoms with Crippen molar-refractivity contribution in [2.24, 2.45) is 0 Å². The predicted octanol–water partition coefficient (Wildman–Crippen LogP) is 5.48. The number of ether oxygens (including phenoxy) is 1. The quantitative estimate of drug-likeness (QED) is 0.484. The van der Waals surface area contributed by atoms with Crippen LogP contribution in [0.15, 0.2) is 54.7 Å². The van der Waals surface area contributed by atoms with Crippen molar-refractivity contribution >= 4 is 41.1 Å². The molecule has 1 saturated heterocycles. The van der Waals surface area contributed by atoms with Crippen molar-refractivity contribution in [3.8, 4) is 5.69 Å². The first-order chi connectivity index (χ1) is 15.6. The van der Waals surface area contributed by atoms with Gasteiger partial charge in [0.05, 0.1) is 28.8 Å². The molecule has 1 aliphatic heterocycles. The fourth-order valence-corrected chi connectivity index (χ4v) is 6.36. The minimum Gasteiger partial charge on any atom is -0.462 e. The third-order valence-electron chi connectivity index (χ3n) is 5.13. The summed E-state index contributed by atoms with van der Waals surface area (Å²) >= 11 is 3.93. The van der Waals surface area contributed by atoms with Crippen LogP contribution in [0.2, 0.25) is 0 Å². The zero-order valence-electron chi connectivity index (χ0n) is 18.0. The Kier molecular flexibility index (Phi) is 7.22. The summed E-state index contributed by atoms with van der Waals surface area (Å²) < 4.78 is 7.19. The van der Waals surface area contributed by atoms with Crippen LogP contribution in [0.3, 0.4) is 0 Å². The molecule has 1 N–H and O–H groups in total. The van der Waals surface area contributed by atoms with Crippen molar-refractivity contribution < 1.29 is 14.3 Å².